The molecule has 17 heavy (non-hydrogen) atoms. The predicted molar refractivity (Wildman–Crippen MR) is 70.0 cm³/mol. The molecule has 3 rings (SSSR count). The normalized spacial score (nSPS) is 26.5. The molecule has 2 N–H and O–H groups in total. The standard InChI is InChI=1S/C12H16N4S/c1-16-7-9(13)2-3-10(16)11-4-8-5-14-15-6-12(8)17-11/h4-6,9-10H,2-3,7,13H2,1H3. The van der Waals surface area contributed by atoms with Gasteiger partial charge in [-0.3, -0.25) is 4.90 Å². The first kappa shape index (κ1) is 11.1. The van der Waals surface area contributed by atoms with Gasteiger partial charge in [0.15, 0.2) is 0 Å². The molecule has 5 heteroatoms. The maximum absolute atomic E-state index is 5.98. The molecule has 4 nitrogen and oxygen atoms in total. The van der Waals surface area contributed by atoms with Gasteiger partial charge in [0.25, 0.3) is 0 Å². The van der Waals surface area contributed by atoms with Gasteiger partial charge in [0.2, 0.25) is 0 Å². The Hall–Kier alpha value is -1.04. The fourth-order valence-electron chi connectivity index (χ4n) is 2.53. The summed E-state index contributed by atoms with van der Waals surface area (Å²) in [4.78, 5) is 3.77. The molecule has 0 aliphatic carbocycles. The number of hydrogen-bond acceptors (Lipinski definition) is 5. The van der Waals surface area contributed by atoms with Crippen molar-refractivity contribution >= 4 is 21.4 Å². The zero-order chi connectivity index (χ0) is 11.8. The van der Waals surface area contributed by atoms with Crippen molar-refractivity contribution in [1.82, 2.24) is 15.1 Å². The second-order valence-corrected chi connectivity index (χ2v) is 5.87. The van der Waals surface area contributed by atoms with Gasteiger partial charge in [0, 0.05) is 28.9 Å². The minimum absolute atomic E-state index is 0.328. The van der Waals surface area contributed by atoms with Crippen molar-refractivity contribution in [2.45, 2.75) is 24.9 Å². The fraction of sp³-hybridized carbons (Fsp3) is 0.500. The number of aromatic nitrogens is 2. The number of rotatable bonds is 1. The predicted octanol–water partition coefficient (Wildman–Crippen LogP) is 1.79. The molecule has 0 saturated carbocycles. The van der Waals surface area contributed by atoms with Crippen LogP contribution in [0.1, 0.15) is 23.8 Å². The molecule has 2 unspecified atom stereocenters. The Balaban J connectivity index is 1.93. The Morgan fingerprint density at radius 2 is 2.18 bits per heavy atom. The monoisotopic (exact) mass is 248 g/mol. The second kappa shape index (κ2) is 4.33. The first-order chi connectivity index (χ1) is 8.24. The summed E-state index contributed by atoms with van der Waals surface area (Å²) in [6, 6.07) is 3.08. The summed E-state index contributed by atoms with van der Waals surface area (Å²) in [6.07, 6.45) is 5.94. The van der Waals surface area contributed by atoms with Crippen molar-refractivity contribution in [3.8, 4) is 0 Å². The smallest absolute Gasteiger partial charge is 0.0674 e. The highest BCUT2D eigenvalue weighted by Crippen LogP contribution is 2.36. The molecule has 0 radical (unpaired) electrons. The number of hydrogen-bond donors (Lipinski definition) is 1. The van der Waals surface area contributed by atoms with E-state index in [1.165, 1.54) is 15.0 Å². The van der Waals surface area contributed by atoms with Crippen LogP contribution in [0.3, 0.4) is 0 Å². The second-order valence-electron chi connectivity index (χ2n) is 4.75. The van der Waals surface area contributed by atoms with Crippen molar-refractivity contribution in [2.24, 2.45) is 5.73 Å². The maximum Gasteiger partial charge on any atom is 0.0674 e. The van der Waals surface area contributed by atoms with Crippen molar-refractivity contribution < 1.29 is 0 Å². The lowest BCUT2D eigenvalue weighted by Gasteiger charge is -2.35. The lowest BCUT2D eigenvalue weighted by molar-refractivity contribution is 0.172. The molecule has 2 aromatic heterocycles. The van der Waals surface area contributed by atoms with E-state index in [0.717, 1.165) is 19.4 Å². The van der Waals surface area contributed by atoms with Crippen LogP contribution in [0.5, 0.6) is 0 Å². The van der Waals surface area contributed by atoms with Crippen LogP contribution in [0.4, 0.5) is 0 Å². The first-order valence-corrected chi connectivity index (χ1v) is 6.71. The summed E-state index contributed by atoms with van der Waals surface area (Å²) in [6.45, 7) is 0.982. The third-order valence-corrected chi connectivity index (χ3v) is 4.63. The highest BCUT2D eigenvalue weighted by atomic mass is 32.1. The van der Waals surface area contributed by atoms with Crippen molar-refractivity contribution in [2.75, 3.05) is 13.6 Å². The van der Waals surface area contributed by atoms with Gasteiger partial charge in [-0.2, -0.15) is 10.2 Å². The van der Waals surface area contributed by atoms with E-state index in [9.17, 15) is 0 Å². The van der Waals surface area contributed by atoms with Gasteiger partial charge in [-0.25, -0.2) is 0 Å². The van der Waals surface area contributed by atoms with E-state index in [1.807, 2.05) is 23.7 Å². The number of likely N-dealkylation sites (tertiary alicyclic amines) is 1. The Labute approximate surface area is 104 Å². The Morgan fingerprint density at radius 1 is 1.35 bits per heavy atom. The third-order valence-electron chi connectivity index (χ3n) is 3.44. The van der Waals surface area contributed by atoms with E-state index in [1.54, 1.807) is 0 Å². The molecule has 0 aromatic carbocycles. The zero-order valence-electron chi connectivity index (χ0n) is 9.84. The van der Waals surface area contributed by atoms with Crippen LogP contribution >= 0.6 is 11.3 Å². The molecule has 3 heterocycles. The van der Waals surface area contributed by atoms with Crippen LogP contribution in [0.2, 0.25) is 0 Å². The molecular formula is C12H16N4S. The minimum Gasteiger partial charge on any atom is -0.327 e. The van der Waals surface area contributed by atoms with E-state index >= 15 is 0 Å². The van der Waals surface area contributed by atoms with Crippen LogP contribution in [0.15, 0.2) is 18.5 Å². The van der Waals surface area contributed by atoms with Crippen LogP contribution in [0, 0.1) is 0 Å². The molecule has 1 aliphatic heterocycles. The van der Waals surface area contributed by atoms with Crippen molar-refractivity contribution in [3.05, 3.63) is 23.3 Å². The molecule has 2 atom stereocenters. The van der Waals surface area contributed by atoms with Crippen LogP contribution in [-0.2, 0) is 0 Å². The highest BCUT2D eigenvalue weighted by molar-refractivity contribution is 7.19. The number of thiophene rings is 1. The summed E-state index contributed by atoms with van der Waals surface area (Å²) < 4.78 is 1.22. The number of nitrogens with zero attached hydrogens (tertiary/aromatic N) is 3. The molecule has 1 aliphatic rings. The zero-order valence-corrected chi connectivity index (χ0v) is 10.7. The van der Waals surface area contributed by atoms with Gasteiger partial charge in [0.05, 0.1) is 17.1 Å². The number of fused-ring (bicyclic) bond motifs is 1. The van der Waals surface area contributed by atoms with E-state index < -0.39 is 0 Å². The first-order valence-electron chi connectivity index (χ1n) is 5.90. The van der Waals surface area contributed by atoms with E-state index in [4.69, 9.17) is 5.73 Å². The SMILES string of the molecule is CN1CC(N)CCC1c1cc2cnncc2s1. The minimum atomic E-state index is 0.328. The quantitative estimate of drug-likeness (QED) is 0.836. The average molecular weight is 248 g/mol. The molecular weight excluding hydrogens is 232 g/mol. The van der Waals surface area contributed by atoms with Crippen LogP contribution < -0.4 is 5.73 Å². The van der Waals surface area contributed by atoms with Gasteiger partial charge in [0.1, 0.15) is 0 Å². The van der Waals surface area contributed by atoms with Gasteiger partial charge >= 0.3 is 0 Å². The Kier molecular flexibility index (Phi) is 2.82. The summed E-state index contributed by atoms with van der Waals surface area (Å²) in [5.41, 5.74) is 5.98. The average Bonchev–Trinajstić information content (AvgIpc) is 2.72. The fourth-order valence-corrected chi connectivity index (χ4v) is 3.73. The van der Waals surface area contributed by atoms with Crippen molar-refractivity contribution in [1.29, 1.82) is 0 Å². The van der Waals surface area contributed by atoms with Gasteiger partial charge in [-0.15, -0.1) is 11.3 Å². The Bertz CT molecular complexity index is 491. The van der Waals surface area contributed by atoms with Gasteiger partial charge in [-0.1, -0.05) is 0 Å². The molecule has 2 aromatic rings. The maximum atomic E-state index is 5.98. The molecule has 1 saturated heterocycles. The van der Waals surface area contributed by atoms with Crippen LogP contribution in [-0.4, -0.2) is 34.7 Å². The molecule has 0 amide bonds. The summed E-state index contributed by atoms with van der Waals surface area (Å²) in [7, 11) is 2.16. The molecule has 0 spiro atoms. The summed E-state index contributed by atoms with van der Waals surface area (Å²) in [5, 5.41) is 9.05. The van der Waals surface area contributed by atoms with Gasteiger partial charge < -0.3 is 5.73 Å². The number of piperidine rings is 1. The summed E-state index contributed by atoms with van der Waals surface area (Å²) >= 11 is 1.82. The third kappa shape index (κ3) is 2.06. The topological polar surface area (TPSA) is 55.0 Å². The molecule has 90 valence electrons. The lowest BCUT2D eigenvalue weighted by Crippen LogP contribution is -2.42. The number of likely N-dealkylation sites (N-methyl/N-ethyl adjacent to an activating group) is 1. The number of nitrogens with two attached hydrogens (primary N) is 1. The van der Waals surface area contributed by atoms with Gasteiger partial charge in [-0.05, 0) is 26.0 Å². The summed E-state index contributed by atoms with van der Waals surface area (Å²) in [5.74, 6) is 0. The Morgan fingerprint density at radius 3 is 2.94 bits per heavy atom. The highest BCUT2D eigenvalue weighted by Gasteiger charge is 2.26. The molecule has 1 fully saturated rings. The molecule has 0 bridgehead atoms. The van der Waals surface area contributed by atoms with E-state index in [-0.39, 0.29) is 0 Å². The van der Waals surface area contributed by atoms with E-state index in [2.05, 4.69) is 28.2 Å². The van der Waals surface area contributed by atoms with Crippen LogP contribution in [0.25, 0.3) is 10.1 Å². The van der Waals surface area contributed by atoms with E-state index in [0.29, 0.717) is 12.1 Å². The lowest BCUT2D eigenvalue weighted by atomic mass is 9.98. The van der Waals surface area contributed by atoms with Crippen molar-refractivity contribution in [3.63, 3.8) is 0 Å². The largest absolute Gasteiger partial charge is 0.327 e.